The number of nitrogens with zero attached hydrogens (tertiary/aromatic N) is 2. The van der Waals surface area contributed by atoms with Crippen molar-refractivity contribution in [1.29, 1.82) is 0 Å². The van der Waals surface area contributed by atoms with Crippen molar-refractivity contribution in [3.63, 3.8) is 0 Å². The third-order valence-electron chi connectivity index (χ3n) is 5.49. The van der Waals surface area contributed by atoms with Gasteiger partial charge >= 0.3 is 6.03 Å². The highest BCUT2D eigenvalue weighted by atomic mass is 19.1. The van der Waals surface area contributed by atoms with Gasteiger partial charge in [-0.25, -0.2) is 9.18 Å². The molecule has 1 aromatic carbocycles. The topological polar surface area (TPSA) is 74.3 Å². The van der Waals surface area contributed by atoms with Crippen LogP contribution in [0, 0.1) is 17.2 Å². The van der Waals surface area contributed by atoms with Crippen LogP contribution in [0.5, 0.6) is 0 Å². The van der Waals surface area contributed by atoms with E-state index in [1.165, 1.54) is 24.3 Å². The molecule has 1 aromatic heterocycles. The van der Waals surface area contributed by atoms with E-state index in [0.29, 0.717) is 25.3 Å². The van der Waals surface area contributed by atoms with E-state index < -0.39 is 0 Å². The van der Waals surface area contributed by atoms with Crippen LogP contribution in [0.25, 0.3) is 0 Å². The van der Waals surface area contributed by atoms with Gasteiger partial charge in [0.15, 0.2) is 0 Å². The molecule has 1 aliphatic heterocycles. The Morgan fingerprint density at radius 3 is 2.67 bits per heavy atom. The van der Waals surface area contributed by atoms with Gasteiger partial charge in [0.1, 0.15) is 5.82 Å². The van der Waals surface area contributed by atoms with E-state index >= 15 is 0 Å². The largest absolute Gasteiger partial charge is 0.352 e. The van der Waals surface area contributed by atoms with Crippen LogP contribution in [0.3, 0.4) is 0 Å². The van der Waals surface area contributed by atoms with Gasteiger partial charge in [0.2, 0.25) is 5.91 Å². The van der Waals surface area contributed by atoms with Crippen LogP contribution in [0.2, 0.25) is 0 Å². The number of rotatable bonds is 4. The van der Waals surface area contributed by atoms with Crippen molar-refractivity contribution in [3.8, 4) is 0 Å². The zero-order chi connectivity index (χ0) is 18.9. The van der Waals surface area contributed by atoms with Crippen molar-refractivity contribution in [2.24, 2.45) is 11.3 Å². The number of anilines is 1. The summed E-state index contributed by atoms with van der Waals surface area (Å²) in [4.78, 5) is 30.6. The third-order valence-corrected chi connectivity index (χ3v) is 5.49. The van der Waals surface area contributed by atoms with Gasteiger partial charge in [-0.2, -0.15) is 0 Å². The zero-order valence-electron chi connectivity index (χ0n) is 14.8. The van der Waals surface area contributed by atoms with Crippen LogP contribution >= 0.6 is 0 Å². The molecular weight excluding hydrogens is 347 g/mol. The summed E-state index contributed by atoms with van der Waals surface area (Å²) in [5.41, 5.74) is 1.48. The van der Waals surface area contributed by atoms with Crippen LogP contribution in [0.15, 0.2) is 48.8 Å². The van der Waals surface area contributed by atoms with Crippen molar-refractivity contribution in [3.05, 3.63) is 60.2 Å². The van der Waals surface area contributed by atoms with Crippen LogP contribution in [0.1, 0.15) is 18.4 Å². The lowest BCUT2D eigenvalue weighted by Gasteiger charge is -2.17. The predicted octanol–water partition coefficient (Wildman–Crippen LogP) is 2.78. The fourth-order valence-corrected chi connectivity index (χ4v) is 3.79. The van der Waals surface area contributed by atoms with Crippen LogP contribution in [-0.2, 0) is 11.3 Å². The Labute approximate surface area is 156 Å². The average Bonchev–Trinajstić information content (AvgIpc) is 3.22. The van der Waals surface area contributed by atoms with Gasteiger partial charge in [0.25, 0.3) is 0 Å². The molecule has 2 fully saturated rings. The number of nitrogens with one attached hydrogen (secondary N) is 2. The van der Waals surface area contributed by atoms with E-state index in [0.717, 1.165) is 18.4 Å². The Morgan fingerprint density at radius 2 is 1.93 bits per heavy atom. The summed E-state index contributed by atoms with van der Waals surface area (Å²) in [5.74, 6) is -0.331. The molecule has 140 valence electrons. The number of hydrogen-bond donors (Lipinski definition) is 2. The van der Waals surface area contributed by atoms with Crippen molar-refractivity contribution >= 4 is 17.6 Å². The molecule has 2 aromatic rings. The first-order chi connectivity index (χ1) is 13.1. The molecular formula is C20H21FN4O2. The number of aromatic nitrogens is 1. The number of carbonyl (C=O) groups excluding carboxylic acids is 2. The maximum absolute atomic E-state index is 13.0. The van der Waals surface area contributed by atoms with Crippen molar-refractivity contribution < 1.29 is 14.0 Å². The first kappa shape index (κ1) is 17.5. The SMILES string of the molecule is O=C(NCc1ccncc1)[C@@H]1C[C@@]12CCN(C(=O)Nc1ccc(F)cc1)C2. The standard InChI is InChI=1S/C20H21FN4O2/c21-15-1-3-16(4-2-15)24-19(27)25-10-7-20(13-25)11-17(20)18(26)23-12-14-5-8-22-9-6-14/h1-6,8-9,17H,7,10-13H2,(H,23,26)(H,24,27)/t17-,20+/m0/s1. The molecule has 6 nitrogen and oxygen atoms in total. The van der Waals surface area contributed by atoms with Gasteiger partial charge in [0, 0.05) is 49.0 Å². The molecule has 3 amide bonds. The minimum absolute atomic E-state index is 0.0389. The molecule has 27 heavy (non-hydrogen) atoms. The van der Waals surface area contributed by atoms with E-state index in [4.69, 9.17) is 0 Å². The van der Waals surface area contributed by atoms with Crippen LogP contribution < -0.4 is 10.6 Å². The van der Waals surface area contributed by atoms with Gasteiger partial charge in [-0.3, -0.25) is 9.78 Å². The Morgan fingerprint density at radius 1 is 1.19 bits per heavy atom. The third kappa shape index (κ3) is 3.77. The number of amides is 3. The van der Waals surface area contributed by atoms with Gasteiger partial charge in [-0.1, -0.05) is 0 Å². The van der Waals surface area contributed by atoms with E-state index in [1.807, 2.05) is 12.1 Å². The lowest BCUT2D eigenvalue weighted by molar-refractivity contribution is -0.123. The first-order valence-corrected chi connectivity index (χ1v) is 9.04. The number of halogens is 1. The normalized spacial score (nSPS) is 23.3. The van der Waals surface area contributed by atoms with E-state index in [1.54, 1.807) is 17.3 Å². The average molecular weight is 368 g/mol. The maximum atomic E-state index is 13.0. The summed E-state index contributed by atoms with van der Waals surface area (Å²) >= 11 is 0. The van der Waals surface area contributed by atoms with E-state index in [9.17, 15) is 14.0 Å². The first-order valence-electron chi connectivity index (χ1n) is 9.04. The Bertz CT molecular complexity index is 843. The Balaban J connectivity index is 1.28. The molecule has 2 atom stereocenters. The van der Waals surface area contributed by atoms with Crippen molar-refractivity contribution in [2.75, 3.05) is 18.4 Å². The molecule has 7 heteroatoms. The minimum atomic E-state index is -0.341. The minimum Gasteiger partial charge on any atom is -0.352 e. The molecule has 0 bridgehead atoms. The summed E-state index contributed by atoms with van der Waals surface area (Å²) < 4.78 is 13.0. The van der Waals surface area contributed by atoms with Gasteiger partial charge in [-0.15, -0.1) is 0 Å². The number of urea groups is 1. The zero-order valence-corrected chi connectivity index (χ0v) is 14.8. The van der Waals surface area contributed by atoms with Crippen molar-refractivity contribution in [2.45, 2.75) is 19.4 Å². The molecule has 4 rings (SSSR count). The second-order valence-corrected chi connectivity index (χ2v) is 7.30. The molecule has 2 aliphatic rings. The predicted molar refractivity (Wildman–Crippen MR) is 98.2 cm³/mol. The molecule has 2 heterocycles. The lowest BCUT2D eigenvalue weighted by atomic mass is 10.0. The smallest absolute Gasteiger partial charge is 0.321 e. The summed E-state index contributed by atoms with van der Waals surface area (Å²) in [6.45, 7) is 1.69. The Hall–Kier alpha value is -2.96. The van der Waals surface area contributed by atoms with Gasteiger partial charge in [0.05, 0.1) is 0 Å². The van der Waals surface area contributed by atoms with E-state index in [2.05, 4.69) is 15.6 Å². The molecule has 0 radical (unpaired) electrons. The highest BCUT2D eigenvalue weighted by molar-refractivity contribution is 5.90. The quantitative estimate of drug-likeness (QED) is 0.871. The molecule has 1 aliphatic carbocycles. The van der Waals surface area contributed by atoms with Crippen molar-refractivity contribution in [1.82, 2.24) is 15.2 Å². The molecule has 2 N–H and O–H groups in total. The number of likely N-dealkylation sites (tertiary alicyclic amines) is 1. The summed E-state index contributed by atoms with van der Waals surface area (Å²) in [5, 5.41) is 5.76. The number of carbonyl (C=O) groups is 2. The summed E-state index contributed by atoms with van der Waals surface area (Å²) in [6.07, 6.45) is 5.05. The Kier molecular flexibility index (Phi) is 4.51. The monoisotopic (exact) mass is 368 g/mol. The number of pyridine rings is 1. The molecule has 1 saturated carbocycles. The molecule has 1 saturated heterocycles. The van der Waals surface area contributed by atoms with Gasteiger partial charge < -0.3 is 15.5 Å². The second-order valence-electron chi connectivity index (χ2n) is 7.30. The lowest BCUT2D eigenvalue weighted by Crippen LogP contribution is -2.34. The highest BCUT2D eigenvalue weighted by Gasteiger charge is 2.61. The van der Waals surface area contributed by atoms with E-state index in [-0.39, 0.29) is 29.1 Å². The summed E-state index contributed by atoms with van der Waals surface area (Å²) in [6, 6.07) is 9.23. The fraction of sp³-hybridized carbons (Fsp3) is 0.350. The molecule has 0 unspecified atom stereocenters. The van der Waals surface area contributed by atoms with Crippen LogP contribution in [-0.4, -0.2) is 34.9 Å². The fourth-order valence-electron chi connectivity index (χ4n) is 3.79. The van der Waals surface area contributed by atoms with Crippen LogP contribution in [0.4, 0.5) is 14.9 Å². The highest BCUT2D eigenvalue weighted by Crippen LogP contribution is 2.58. The second kappa shape index (κ2) is 6.98. The molecule has 1 spiro atoms. The summed E-state index contributed by atoms with van der Waals surface area (Å²) in [7, 11) is 0. The van der Waals surface area contributed by atoms with Gasteiger partial charge in [-0.05, 0) is 54.8 Å². The number of benzene rings is 1. The number of hydrogen-bond acceptors (Lipinski definition) is 3. The maximum Gasteiger partial charge on any atom is 0.321 e.